The number of hydrogen-bond acceptors (Lipinski definition) is 1. The third-order valence-electron chi connectivity index (χ3n) is 1.27. The average molecular weight is 172 g/mol. The van der Waals surface area contributed by atoms with E-state index >= 15 is 0 Å². The van der Waals surface area contributed by atoms with E-state index in [1.807, 2.05) is 0 Å². The Balaban J connectivity index is 2.96. The largest absolute Gasteiger partial charge is 0.485 e. The molecule has 1 nitrogen and oxygen atoms in total. The molecule has 0 amide bonds. The predicted molar refractivity (Wildman–Crippen MR) is 42.1 cm³/mol. The first-order chi connectivity index (χ1) is 5.61. The highest BCUT2D eigenvalue weighted by Crippen LogP contribution is 2.21. The van der Waals surface area contributed by atoms with Crippen LogP contribution in [-0.4, -0.2) is 6.10 Å². The van der Waals surface area contributed by atoms with Crippen molar-refractivity contribution < 1.29 is 13.5 Å². The highest BCUT2D eigenvalue weighted by Gasteiger charge is 2.10. The molecule has 3 heteroatoms. The fraction of sp³-hybridized carbons (Fsp3) is 0.333. The molecule has 0 heterocycles. The maximum Gasteiger partial charge on any atom is 0.191 e. The fourth-order valence-electron chi connectivity index (χ4n) is 0.831. The van der Waals surface area contributed by atoms with E-state index in [2.05, 4.69) is 0 Å². The Morgan fingerprint density at radius 3 is 2.08 bits per heavy atom. The van der Waals surface area contributed by atoms with Gasteiger partial charge in [-0.2, -0.15) is 0 Å². The van der Waals surface area contributed by atoms with Crippen LogP contribution in [0, 0.1) is 11.6 Å². The molecule has 0 aromatic heterocycles. The van der Waals surface area contributed by atoms with Crippen LogP contribution in [0.1, 0.15) is 13.8 Å². The van der Waals surface area contributed by atoms with Crippen LogP contribution in [0.2, 0.25) is 0 Å². The molecule has 1 aromatic carbocycles. The first kappa shape index (κ1) is 8.97. The molecular formula is C9H10F2O. The van der Waals surface area contributed by atoms with Gasteiger partial charge in [-0.15, -0.1) is 0 Å². The number of para-hydroxylation sites is 1. The molecule has 1 rings (SSSR count). The minimum Gasteiger partial charge on any atom is -0.485 e. The molecule has 1 aromatic rings. The SMILES string of the molecule is CC(C)Oc1c(F)cccc1F. The Labute approximate surface area is 70.0 Å². The van der Waals surface area contributed by atoms with Crippen molar-refractivity contribution in [3.63, 3.8) is 0 Å². The minimum absolute atomic E-state index is 0.226. The lowest BCUT2D eigenvalue weighted by Gasteiger charge is -2.10. The molecule has 0 spiro atoms. The van der Waals surface area contributed by atoms with Crippen LogP contribution in [0.15, 0.2) is 18.2 Å². The van der Waals surface area contributed by atoms with Gasteiger partial charge in [-0.1, -0.05) is 6.07 Å². The van der Waals surface area contributed by atoms with E-state index in [1.54, 1.807) is 13.8 Å². The maximum atomic E-state index is 12.8. The summed E-state index contributed by atoms with van der Waals surface area (Å²) in [6, 6.07) is 3.64. The molecule has 0 atom stereocenters. The van der Waals surface area contributed by atoms with E-state index < -0.39 is 11.6 Å². The van der Waals surface area contributed by atoms with Gasteiger partial charge < -0.3 is 4.74 Å². The third-order valence-corrected chi connectivity index (χ3v) is 1.27. The minimum atomic E-state index is -0.663. The second-order valence-electron chi connectivity index (χ2n) is 2.72. The molecule has 0 saturated carbocycles. The van der Waals surface area contributed by atoms with Crippen molar-refractivity contribution in [3.05, 3.63) is 29.8 Å². The molecule has 12 heavy (non-hydrogen) atoms. The van der Waals surface area contributed by atoms with Crippen LogP contribution in [0.3, 0.4) is 0 Å². The zero-order valence-corrected chi connectivity index (χ0v) is 6.97. The summed E-state index contributed by atoms with van der Waals surface area (Å²) in [6.07, 6.45) is -0.226. The summed E-state index contributed by atoms with van der Waals surface area (Å²) in [5, 5.41) is 0. The van der Waals surface area contributed by atoms with Gasteiger partial charge in [-0.05, 0) is 26.0 Å². The van der Waals surface area contributed by atoms with Crippen LogP contribution < -0.4 is 4.74 Å². The van der Waals surface area contributed by atoms with Gasteiger partial charge >= 0.3 is 0 Å². The number of rotatable bonds is 2. The maximum absolute atomic E-state index is 12.8. The van der Waals surface area contributed by atoms with Gasteiger partial charge in [0.25, 0.3) is 0 Å². The monoisotopic (exact) mass is 172 g/mol. The highest BCUT2D eigenvalue weighted by molar-refractivity contribution is 5.26. The molecule has 0 bridgehead atoms. The molecule has 0 radical (unpaired) electrons. The van der Waals surface area contributed by atoms with Crippen molar-refractivity contribution in [2.75, 3.05) is 0 Å². The Kier molecular flexibility index (Phi) is 2.63. The van der Waals surface area contributed by atoms with Gasteiger partial charge in [-0.25, -0.2) is 8.78 Å². The smallest absolute Gasteiger partial charge is 0.191 e. The summed E-state index contributed by atoms with van der Waals surface area (Å²) < 4.78 is 30.6. The molecule has 66 valence electrons. The Morgan fingerprint density at radius 1 is 1.17 bits per heavy atom. The van der Waals surface area contributed by atoms with Gasteiger partial charge in [0.1, 0.15) is 0 Å². The zero-order chi connectivity index (χ0) is 9.14. The van der Waals surface area contributed by atoms with Crippen molar-refractivity contribution in [1.29, 1.82) is 0 Å². The first-order valence-corrected chi connectivity index (χ1v) is 3.72. The Bertz CT molecular complexity index is 251. The molecule has 0 aliphatic rings. The van der Waals surface area contributed by atoms with Gasteiger partial charge in [0.15, 0.2) is 17.4 Å². The van der Waals surface area contributed by atoms with E-state index in [1.165, 1.54) is 18.2 Å². The molecule has 0 N–H and O–H groups in total. The van der Waals surface area contributed by atoms with E-state index in [4.69, 9.17) is 4.74 Å². The first-order valence-electron chi connectivity index (χ1n) is 3.72. The lowest BCUT2D eigenvalue weighted by Crippen LogP contribution is -2.08. The number of benzene rings is 1. The van der Waals surface area contributed by atoms with Crippen LogP contribution in [-0.2, 0) is 0 Å². The van der Waals surface area contributed by atoms with Gasteiger partial charge in [0.2, 0.25) is 0 Å². The van der Waals surface area contributed by atoms with Gasteiger partial charge in [0.05, 0.1) is 6.10 Å². The van der Waals surface area contributed by atoms with Crippen LogP contribution in [0.5, 0.6) is 5.75 Å². The quantitative estimate of drug-likeness (QED) is 0.666. The average Bonchev–Trinajstić information content (AvgIpc) is 1.97. The van der Waals surface area contributed by atoms with Crippen molar-refractivity contribution in [1.82, 2.24) is 0 Å². The molecule has 0 aliphatic heterocycles. The highest BCUT2D eigenvalue weighted by atomic mass is 19.1. The number of halogens is 2. The summed E-state index contributed by atoms with van der Waals surface area (Å²) in [5.41, 5.74) is 0. The van der Waals surface area contributed by atoms with E-state index in [9.17, 15) is 8.78 Å². The predicted octanol–water partition coefficient (Wildman–Crippen LogP) is 2.75. The van der Waals surface area contributed by atoms with Crippen LogP contribution in [0.25, 0.3) is 0 Å². The van der Waals surface area contributed by atoms with E-state index in [0.717, 1.165) is 0 Å². The van der Waals surface area contributed by atoms with Gasteiger partial charge in [0, 0.05) is 0 Å². The van der Waals surface area contributed by atoms with Crippen molar-refractivity contribution >= 4 is 0 Å². The summed E-state index contributed by atoms with van der Waals surface area (Å²) in [4.78, 5) is 0. The standard InChI is InChI=1S/C9H10F2O/c1-6(2)12-9-7(10)4-3-5-8(9)11/h3-6H,1-2H3. The lowest BCUT2D eigenvalue weighted by atomic mass is 10.3. The van der Waals surface area contributed by atoms with Gasteiger partial charge in [-0.3, -0.25) is 0 Å². The fourth-order valence-corrected chi connectivity index (χ4v) is 0.831. The van der Waals surface area contributed by atoms with E-state index in [-0.39, 0.29) is 11.9 Å². The molecule has 0 fully saturated rings. The molecule has 0 aliphatic carbocycles. The number of ether oxygens (including phenoxy) is 1. The zero-order valence-electron chi connectivity index (χ0n) is 6.97. The van der Waals surface area contributed by atoms with Crippen molar-refractivity contribution in [2.45, 2.75) is 20.0 Å². The van der Waals surface area contributed by atoms with Crippen molar-refractivity contribution in [3.8, 4) is 5.75 Å². The molecule has 0 saturated heterocycles. The van der Waals surface area contributed by atoms with Crippen LogP contribution >= 0.6 is 0 Å². The normalized spacial score (nSPS) is 10.4. The second kappa shape index (κ2) is 3.52. The van der Waals surface area contributed by atoms with E-state index in [0.29, 0.717) is 0 Å². The summed E-state index contributed by atoms with van der Waals surface area (Å²) in [7, 11) is 0. The summed E-state index contributed by atoms with van der Waals surface area (Å²) >= 11 is 0. The topological polar surface area (TPSA) is 9.23 Å². The number of hydrogen-bond donors (Lipinski definition) is 0. The Hall–Kier alpha value is -1.12. The Morgan fingerprint density at radius 2 is 1.67 bits per heavy atom. The second-order valence-corrected chi connectivity index (χ2v) is 2.72. The molecule has 0 unspecified atom stereocenters. The van der Waals surface area contributed by atoms with Crippen LogP contribution in [0.4, 0.5) is 8.78 Å². The van der Waals surface area contributed by atoms with Crippen molar-refractivity contribution in [2.24, 2.45) is 0 Å². The summed E-state index contributed by atoms with van der Waals surface area (Å²) in [5.74, 6) is -1.63. The third kappa shape index (κ3) is 1.94. The summed E-state index contributed by atoms with van der Waals surface area (Å²) in [6.45, 7) is 3.43. The lowest BCUT2D eigenvalue weighted by molar-refractivity contribution is 0.219. The molecular weight excluding hydrogens is 162 g/mol.